The lowest BCUT2D eigenvalue weighted by molar-refractivity contribution is -0.138. The van der Waals surface area contributed by atoms with E-state index in [9.17, 15) is 14.4 Å². The monoisotopic (exact) mass is 280 g/mol. The van der Waals surface area contributed by atoms with Crippen molar-refractivity contribution in [3.63, 3.8) is 0 Å². The van der Waals surface area contributed by atoms with E-state index in [1.165, 1.54) is 16.2 Å². The average Bonchev–Trinajstić information content (AvgIpc) is 2.74. The number of rotatable bonds is 2. The second kappa shape index (κ2) is 5.13. The highest BCUT2D eigenvalue weighted by atomic mass is 32.1. The van der Waals surface area contributed by atoms with Crippen molar-refractivity contribution in [2.24, 2.45) is 0 Å². The molecule has 1 aliphatic rings. The maximum Gasteiger partial charge on any atom is 0.265 e. The fourth-order valence-corrected chi connectivity index (χ4v) is 3.15. The molecule has 1 atom stereocenters. The molecule has 102 valence electrons. The molecular weight excluding hydrogens is 264 g/mol. The first-order chi connectivity index (χ1) is 8.93. The van der Waals surface area contributed by atoms with Gasteiger partial charge in [-0.05, 0) is 31.9 Å². The SMILES string of the molecule is CCc1cc(C(=O)N2CC(=O)NC(=O)C2C)sc1C. The molecule has 0 saturated carbocycles. The van der Waals surface area contributed by atoms with Gasteiger partial charge in [-0.3, -0.25) is 19.7 Å². The molecule has 19 heavy (non-hydrogen) atoms. The number of nitrogens with one attached hydrogen (secondary N) is 1. The predicted octanol–water partition coefficient (Wildman–Crippen LogP) is 1.11. The number of piperazine rings is 1. The van der Waals surface area contributed by atoms with Crippen molar-refractivity contribution in [3.05, 3.63) is 21.4 Å². The van der Waals surface area contributed by atoms with Gasteiger partial charge in [0.05, 0.1) is 4.88 Å². The highest BCUT2D eigenvalue weighted by Gasteiger charge is 2.34. The summed E-state index contributed by atoms with van der Waals surface area (Å²) in [4.78, 5) is 38.3. The van der Waals surface area contributed by atoms with Crippen molar-refractivity contribution in [1.82, 2.24) is 10.2 Å². The lowest BCUT2D eigenvalue weighted by atomic mass is 10.1. The third kappa shape index (κ3) is 2.53. The number of aryl methyl sites for hydroxylation is 2. The van der Waals surface area contributed by atoms with Crippen LogP contribution in [0, 0.1) is 6.92 Å². The molecule has 5 nitrogen and oxygen atoms in total. The van der Waals surface area contributed by atoms with E-state index in [0.717, 1.165) is 16.9 Å². The molecule has 1 fully saturated rings. The van der Waals surface area contributed by atoms with Gasteiger partial charge in [0.1, 0.15) is 12.6 Å². The van der Waals surface area contributed by atoms with Gasteiger partial charge in [-0.2, -0.15) is 0 Å². The molecule has 0 bridgehead atoms. The summed E-state index contributed by atoms with van der Waals surface area (Å²) >= 11 is 1.41. The number of carbonyl (C=O) groups excluding carboxylic acids is 3. The Morgan fingerprint density at radius 1 is 1.53 bits per heavy atom. The Bertz CT molecular complexity index is 550. The molecule has 0 radical (unpaired) electrons. The van der Waals surface area contributed by atoms with E-state index in [-0.39, 0.29) is 12.5 Å². The molecule has 1 unspecified atom stereocenters. The summed E-state index contributed by atoms with van der Waals surface area (Å²) in [6, 6.07) is 1.24. The minimum Gasteiger partial charge on any atom is -0.317 e. The van der Waals surface area contributed by atoms with Crippen LogP contribution < -0.4 is 5.32 Å². The molecule has 0 aliphatic carbocycles. The zero-order valence-electron chi connectivity index (χ0n) is 11.1. The summed E-state index contributed by atoms with van der Waals surface area (Å²) in [7, 11) is 0. The zero-order chi connectivity index (χ0) is 14.2. The number of thiophene rings is 1. The minimum absolute atomic E-state index is 0.0653. The Morgan fingerprint density at radius 2 is 2.21 bits per heavy atom. The molecule has 1 aromatic heterocycles. The standard InChI is InChI=1S/C13H16N2O3S/c1-4-9-5-10(19-8(9)3)13(18)15-6-11(16)14-12(17)7(15)2/h5,7H,4,6H2,1-3H3,(H,14,16,17). The van der Waals surface area contributed by atoms with Crippen LogP contribution in [0.5, 0.6) is 0 Å². The number of amides is 3. The number of imide groups is 1. The van der Waals surface area contributed by atoms with Crippen LogP contribution >= 0.6 is 11.3 Å². The first kappa shape index (κ1) is 13.7. The van der Waals surface area contributed by atoms with Crippen molar-refractivity contribution in [1.29, 1.82) is 0 Å². The summed E-state index contributed by atoms with van der Waals surface area (Å²) in [5, 5.41) is 2.22. The molecule has 2 rings (SSSR count). The van der Waals surface area contributed by atoms with Crippen LogP contribution in [0.4, 0.5) is 0 Å². The lowest BCUT2D eigenvalue weighted by Crippen LogP contribution is -2.58. The minimum atomic E-state index is -0.613. The molecule has 2 heterocycles. The predicted molar refractivity (Wildman–Crippen MR) is 72.1 cm³/mol. The Hall–Kier alpha value is -1.69. The first-order valence-corrected chi connectivity index (χ1v) is 6.99. The van der Waals surface area contributed by atoms with Gasteiger partial charge in [0.15, 0.2) is 0 Å². The average molecular weight is 280 g/mol. The zero-order valence-corrected chi connectivity index (χ0v) is 12.0. The molecular formula is C13H16N2O3S. The fraction of sp³-hybridized carbons (Fsp3) is 0.462. The second-order valence-corrected chi connectivity index (χ2v) is 5.82. The number of carbonyl (C=O) groups is 3. The van der Waals surface area contributed by atoms with E-state index in [1.54, 1.807) is 6.92 Å². The highest BCUT2D eigenvalue weighted by Crippen LogP contribution is 2.24. The van der Waals surface area contributed by atoms with Gasteiger partial charge in [0.2, 0.25) is 11.8 Å². The second-order valence-electron chi connectivity index (χ2n) is 4.57. The summed E-state index contributed by atoms with van der Waals surface area (Å²) in [6.45, 7) is 5.56. The highest BCUT2D eigenvalue weighted by molar-refractivity contribution is 7.14. The topological polar surface area (TPSA) is 66.5 Å². The number of hydrogen-bond acceptors (Lipinski definition) is 4. The van der Waals surface area contributed by atoms with Gasteiger partial charge in [-0.1, -0.05) is 6.92 Å². The molecule has 0 aromatic carbocycles. The lowest BCUT2D eigenvalue weighted by Gasteiger charge is -2.31. The van der Waals surface area contributed by atoms with Gasteiger partial charge in [0, 0.05) is 4.88 Å². The largest absolute Gasteiger partial charge is 0.317 e. The summed E-state index contributed by atoms with van der Waals surface area (Å²) in [6.07, 6.45) is 0.866. The molecule has 1 aromatic rings. The normalized spacial score (nSPS) is 19.5. The number of nitrogens with zero attached hydrogens (tertiary/aromatic N) is 1. The van der Waals surface area contributed by atoms with E-state index < -0.39 is 17.9 Å². The van der Waals surface area contributed by atoms with Crippen molar-refractivity contribution < 1.29 is 14.4 Å². The maximum atomic E-state index is 12.4. The smallest absolute Gasteiger partial charge is 0.265 e. The van der Waals surface area contributed by atoms with Crippen LogP contribution in [0.25, 0.3) is 0 Å². The van der Waals surface area contributed by atoms with Crippen LogP contribution in [0.1, 0.15) is 34.0 Å². The Morgan fingerprint density at radius 3 is 2.79 bits per heavy atom. The van der Waals surface area contributed by atoms with Crippen LogP contribution in [-0.2, 0) is 16.0 Å². The molecule has 6 heteroatoms. The van der Waals surface area contributed by atoms with Gasteiger partial charge >= 0.3 is 0 Å². The van der Waals surface area contributed by atoms with Gasteiger partial charge < -0.3 is 4.90 Å². The third-order valence-corrected chi connectivity index (χ3v) is 4.38. The van der Waals surface area contributed by atoms with E-state index in [0.29, 0.717) is 4.88 Å². The summed E-state index contributed by atoms with van der Waals surface area (Å²) in [5.41, 5.74) is 1.13. The van der Waals surface area contributed by atoms with Crippen LogP contribution in [0.2, 0.25) is 0 Å². The van der Waals surface area contributed by atoms with E-state index in [4.69, 9.17) is 0 Å². The molecule has 1 N–H and O–H groups in total. The number of hydrogen-bond donors (Lipinski definition) is 1. The summed E-state index contributed by atoms with van der Waals surface area (Å²) < 4.78 is 0. The van der Waals surface area contributed by atoms with E-state index >= 15 is 0 Å². The Labute approximate surface area is 115 Å². The van der Waals surface area contributed by atoms with Crippen LogP contribution in [-0.4, -0.2) is 35.2 Å². The third-order valence-electron chi connectivity index (χ3n) is 3.30. The van der Waals surface area contributed by atoms with Gasteiger partial charge in [-0.25, -0.2) is 0 Å². The molecule has 3 amide bonds. The van der Waals surface area contributed by atoms with Crippen molar-refractivity contribution >= 4 is 29.1 Å². The van der Waals surface area contributed by atoms with Gasteiger partial charge in [0.25, 0.3) is 5.91 Å². The Kier molecular flexibility index (Phi) is 3.71. The van der Waals surface area contributed by atoms with Gasteiger partial charge in [-0.15, -0.1) is 11.3 Å². The first-order valence-electron chi connectivity index (χ1n) is 6.18. The van der Waals surface area contributed by atoms with E-state index in [2.05, 4.69) is 5.32 Å². The van der Waals surface area contributed by atoms with E-state index in [1.807, 2.05) is 19.9 Å². The molecule has 1 aliphatic heterocycles. The van der Waals surface area contributed by atoms with Crippen LogP contribution in [0.15, 0.2) is 6.07 Å². The maximum absolute atomic E-state index is 12.4. The van der Waals surface area contributed by atoms with Crippen molar-refractivity contribution in [3.8, 4) is 0 Å². The van der Waals surface area contributed by atoms with Crippen LogP contribution in [0.3, 0.4) is 0 Å². The Balaban J connectivity index is 2.27. The van der Waals surface area contributed by atoms with Crippen molar-refractivity contribution in [2.75, 3.05) is 6.54 Å². The van der Waals surface area contributed by atoms with Crippen molar-refractivity contribution in [2.45, 2.75) is 33.2 Å². The molecule has 1 saturated heterocycles. The summed E-state index contributed by atoms with van der Waals surface area (Å²) in [5.74, 6) is -1.10. The molecule has 0 spiro atoms. The quantitative estimate of drug-likeness (QED) is 0.825. The fourth-order valence-electron chi connectivity index (χ4n) is 2.08.